The van der Waals surface area contributed by atoms with Crippen molar-refractivity contribution in [2.75, 3.05) is 17.3 Å². The van der Waals surface area contributed by atoms with Crippen molar-refractivity contribution in [3.05, 3.63) is 79.5 Å². The van der Waals surface area contributed by atoms with Gasteiger partial charge in [0.25, 0.3) is 11.8 Å². The SMILES string of the molecule is CSC[C@H](C)NC(=O)c1cc(I)cc(C)c1NC(=O)c1cc(Cn2ncc(C(F)(F)C(F)(F)C(F)(F)F)n2)nn1-c1ncccc1Cl. The Morgan fingerprint density at radius 3 is 2.43 bits per heavy atom. The van der Waals surface area contributed by atoms with Gasteiger partial charge in [0.05, 0.1) is 28.2 Å². The highest BCUT2D eigenvalue weighted by Gasteiger charge is 2.74. The fourth-order valence-corrected chi connectivity index (χ4v) is 5.79. The molecule has 4 aromatic rings. The van der Waals surface area contributed by atoms with Crippen LogP contribution >= 0.6 is 46.0 Å². The average Bonchev–Trinajstić information content (AvgIpc) is 3.62. The molecule has 2 amide bonds. The summed E-state index contributed by atoms with van der Waals surface area (Å²) in [6.45, 7) is 2.86. The molecule has 0 aliphatic heterocycles. The molecule has 2 N–H and O–H groups in total. The Labute approximate surface area is 285 Å². The molecule has 20 heteroatoms. The first-order chi connectivity index (χ1) is 21.9. The van der Waals surface area contributed by atoms with E-state index < -0.39 is 42.1 Å². The van der Waals surface area contributed by atoms with Gasteiger partial charge in [-0.05, 0) is 78.6 Å². The number of nitrogens with zero attached hydrogens (tertiary/aromatic N) is 6. The van der Waals surface area contributed by atoms with E-state index in [2.05, 4.69) is 30.9 Å². The number of rotatable bonds is 11. The smallest absolute Gasteiger partial charge is 0.349 e. The van der Waals surface area contributed by atoms with E-state index in [-0.39, 0.29) is 45.7 Å². The van der Waals surface area contributed by atoms with Crippen LogP contribution < -0.4 is 10.6 Å². The first-order valence-electron chi connectivity index (χ1n) is 13.2. The molecule has 0 bridgehead atoms. The van der Waals surface area contributed by atoms with Gasteiger partial charge in [-0.3, -0.25) is 9.59 Å². The van der Waals surface area contributed by atoms with Crippen molar-refractivity contribution in [2.24, 2.45) is 0 Å². The molecule has 3 heterocycles. The second-order valence-corrected chi connectivity index (χ2v) is 12.6. The fourth-order valence-electron chi connectivity index (χ4n) is 4.22. The number of anilines is 1. The molecule has 0 fully saturated rings. The van der Waals surface area contributed by atoms with E-state index in [4.69, 9.17) is 11.6 Å². The number of aryl methyl sites for hydroxylation is 1. The summed E-state index contributed by atoms with van der Waals surface area (Å²) in [6.07, 6.45) is -3.26. The number of hydrogen-bond acceptors (Lipinski definition) is 7. The molecule has 0 saturated heterocycles. The van der Waals surface area contributed by atoms with Crippen LogP contribution in [0.1, 0.15) is 44.7 Å². The number of alkyl halides is 7. The summed E-state index contributed by atoms with van der Waals surface area (Å²) in [5.74, 6) is -12.8. The van der Waals surface area contributed by atoms with Gasteiger partial charge in [0, 0.05) is 21.6 Å². The number of benzene rings is 1. The number of halogens is 9. The zero-order valence-corrected chi connectivity index (χ0v) is 28.1. The van der Waals surface area contributed by atoms with Gasteiger partial charge in [-0.15, -0.1) is 0 Å². The fraction of sp³-hybridized carbons (Fsp3) is 0.333. The third-order valence-electron chi connectivity index (χ3n) is 6.42. The molecule has 1 atom stereocenters. The van der Waals surface area contributed by atoms with E-state index in [1.165, 1.54) is 30.1 Å². The van der Waals surface area contributed by atoms with Crippen LogP contribution in [0, 0.1) is 10.5 Å². The lowest BCUT2D eigenvalue weighted by Crippen LogP contribution is -2.50. The Hall–Kier alpha value is -3.46. The monoisotopic (exact) mass is 818 g/mol. The summed E-state index contributed by atoms with van der Waals surface area (Å²) in [5, 5.41) is 16.4. The van der Waals surface area contributed by atoms with Crippen LogP contribution in [0.5, 0.6) is 0 Å². The summed E-state index contributed by atoms with van der Waals surface area (Å²) >= 11 is 9.86. The molecule has 252 valence electrons. The topological polar surface area (TPSA) is 120 Å². The van der Waals surface area contributed by atoms with Gasteiger partial charge in [0.1, 0.15) is 12.2 Å². The second kappa shape index (κ2) is 14.0. The van der Waals surface area contributed by atoms with Crippen LogP contribution in [0.3, 0.4) is 0 Å². The highest BCUT2D eigenvalue weighted by Crippen LogP contribution is 2.51. The highest BCUT2D eigenvalue weighted by atomic mass is 127. The number of nitrogens with one attached hydrogen (secondary N) is 2. The summed E-state index contributed by atoms with van der Waals surface area (Å²) < 4.78 is 95.2. The highest BCUT2D eigenvalue weighted by molar-refractivity contribution is 14.1. The van der Waals surface area contributed by atoms with E-state index >= 15 is 0 Å². The van der Waals surface area contributed by atoms with Gasteiger partial charge in [-0.25, -0.2) is 9.67 Å². The van der Waals surface area contributed by atoms with Gasteiger partial charge in [-0.2, -0.15) is 62.6 Å². The lowest BCUT2D eigenvalue weighted by atomic mass is 10.1. The van der Waals surface area contributed by atoms with E-state index in [1.54, 1.807) is 19.1 Å². The molecule has 0 aliphatic rings. The molecule has 47 heavy (non-hydrogen) atoms. The Morgan fingerprint density at radius 1 is 1.09 bits per heavy atom. The molecular formula is C27H23ClF7IN8O2S. The van der Waals surface area contributed by atoms with Gasteiger partial charge in [0.15, 0.2) is 11.5 Å². The maximum absolute atomic E-state index is 14.2. The number of pyridine rings is 1. The minimum atomic E-state index is -6.56. The maximum Gasteiger partial charge on any atom is 0.460 e. The van der Waals surface area contributed by atoms with Crippen molar-refractivity contribution in [1.82, 2.24) is 35.1 Å². The van der Waals surface area contributed by atoms with Crippen molar-refractivity contribution in [3.8, 4) is 5.82 Å². The van der Waals surface area contributed by atoms with Crippen molar-refractivity contribution in [2.45, 2.75) is 44.5 Å². The summed E-state index contributed by atoms with van der Waals surface area (Å²) in [4.78, 5) is 31.5. The molecule has 10 nitrogen and oxygen atoms in total. The van der Waals surface area contributed by atoms with Crippen molar-refractivity contribution < 1.29 is 40.3 Å². The van der Waals surface area contributed by atoms with Crippen LogP contribution in [0.4, 0.5) is 36.4 Å². The molecule has 0 spiro atoms. The number of carbonyl (C=O) groups is 2. The number of carbonyl (C=O) groups excluding carboxylic acids is 2. The third kappa shape index (κ3) is 7.66. The molecule has 0 aliphatic carbocycles. The Kier molecular flexibility index (Phi) is 10.8. The minimum Gasteiger partial charge on any atom is -0.349 e. The lowest BCUT2D eigenvalue weighted by molar-refractivity contribution is -0.360. The van der Waals surface area contributed by atoms with Crippen LogP contribution in [0.25, 0.3) is 5.82 Å². The maximum atomic E-state index is 14.2. The summed E-state index contributed by atoms with van der Waals surface area (Å²) in [5.41, 5.74) is -1.38. The van der Waals surface area contributed by atoms with Gasteiger partial charge in [0.2, 0.25) is 0 Å². The van der Waals surface area contributed by atoms with Crippen LogP contribution in [0.15, 0.2) is 42.7 Å². The summed E-state index contributed by atoms with van der Waals surface area (Å²) in [6, 6.07) is 7.23. The minimum absolute atomic E-state index is 0.0398. The molecule has 4 rings (SSSR count). The zero-order valence-electron chi connectivity index (χ0n) is 24.3. The first kappa shape index (κ1) is 36.4. The van der Waals surface area contributed by atoms with Gasteiger partial charge >= 0.3 is 18.0 Å². The summed E-state index contributed by atoms with van der Waals surface area (Å²) in [7, 11) is 0. The number of thioether (sulfide) groups is 1. The molecule has 0 radical (unpaired) electrons. The quantitative estimate of drug-likeness (QED) is 0.131. The van der Waals surface area contributed by atoms with Crippen LogP contribution in [-0.2, 0) is 12.5 Å². The predicted molar refractivity (Wildman–Crippen MR) is 168 cm³/mol. The molecular weight excluding hydrogens is 796 g/mol. The van der Waals surface area contributed by atoms with E-state index in [9.17, 15) is 40.3 Å². The number of hydrogen-bond donors (Lipinski definition) is 2. The third-order valence-corrected chi connectivity index (χ3v) is 8.17. The first-order valence-corrected chi connectivity index (χ1v) is 16.1. The van der Waals surface area contributed by atoms with Crippen molar-refractivity contribution in [1.29, 1.82) is 0 Å². The van der Waals surface area contributed by atoms with Crippen molar-refractivity contribution >= 4 is 63.5 Å². The predicted octanol–water partition coefficient (Wildman–Crippen LogP) is 6.50. The van der Waals surface area contributed by atoms with Gasteiger partial charge < -0.3 is 10.6 Å². The van der Waals surface area contributed by atoms with Gasteiger partial charge in [-0.1, -0.05) is 11.6 Å². The Bertz CT molecular complexity index is 1800. The van der Waals surface area contributed by atoms with E-state index in [0.29, 0.717) is 16.1 Å². The molecule has 3 aromatic heterocycles. The second-order valence-electron chi connectivity index (χ2n) is 10.1. The standard InChI is InChI=1S/C27H23ClF7IN8O2S/c1-13-7-15(36)8-17(23(45)39-14(2)12-47-3)21(13)40-24(46)19-9-16(41-44(19)22-18(28)5-4-6-37-22)11-43-38-10-20(42-43)25(29,30)26(31,32)27(33,34)35/h4-10,14H,11-12H2,1-3H3,(H,39,45)(H,40,46)/t14-/m0/s1. The largest absolute Gasteiger partial charge is 0.460 e. The normalized spacial score (nSPS) is 13.0. The molecule has 0 saturated carbocycles. The van der Waals surface area contributed by atoms with E-state index in [0.717, 1.165) is 14.3 Å². The average molecular weight is 819 g/mol. The zero-order chi connectivity index (χ0) is 34.9. The van der Waals surface area contributed by atoms with Crippen LogP contribution in [0.2, 0.25) is 5.02 Å². The number of aromatic nitrogens is 6. The van der Waals surface area contributed by atoms with Crippen molar-refractivity contribution in [3.63, 3.8) is 0 Å². The number of amides is 2. The van der Waals surface area contributed by atoms with E-state index in [1.807, 2.05) is 35.8 Å². The lowest BCUT2D eigenvalue weighted by Gasteiger charge is -2.26. The molecule has 0 unspecified atom stereocenters. The van der Waals surface area contributed by atoms with Crippen LogP contribution in [-0.4, -0.2) is 71.7 Å². The molecule has 1 aromatic carbocycles. The Balaban J connectivity index is 1.71. The Morgan fingerprint density at radius 2 is 1.79 bits per heavy atom.